The summed E-state index contributed by atoms with van der Waals surface area (Å²) in [6.45, 7) is 12.7. The van der Waals surface area contributed by atoms with Gasteiger partial charge in [0.15, 0.2) is 5.96 Å². The SMILES string of the molecule is CCNC(=NCC(C)(C)SC)NCCCOCC.I. The van der Waals surface area contributed by atoms with Crippen molar-refractivity contribution < 1.29 is 4.74 Å². The molecule has 0 unspecified atom stereocenters. The lowest BCUT2D eigenvalue weighted by atomic mass is 10.2. The molecule has 4 nitrogen and oxygen atoms in total. The molecule has 0 aromatic heterocycles. The predicted octanol–water partition coefficient (Wildman–Crippen LogP) is 2.73. The van der Waals surface area contributed by atoms with Gasteiger partial charge in [-0.15, -0.1) is 24.0 Å². The molecule has 0 aliphatic heterocycles. The van der Waals surface area contributed by atoms with Crippen LogP contribution in [0.2, 0.25) is 0 Å². The number of nitrogens with one attached hydrogen (secondary N) is 2. The number of aliphatic imine (C=N–C) groups is 1. The van der Waals surface area contributed by atoms with E-state index in [1.165, 1.54) is 0 Å². The molecule has 0 aliphatic rings. The molecule has 6 heteroatoms. The van der Waals surface area contributed by atoms with Crippen LogP contribution in [0.25, 0.3) is 0 Å². The molecule has 2 N–H and O–H groups in total. The fourth-order valence-corrected chi connectivity index (χ4v) is 1.39. The van der Waals surface area contributed by atoms with Crippen LogP contribution in [-0.4, -0.2) is 49.8 Å². The van der Waals surface area contributed by atoms with Gasteiger partial charge in [0.05, 0.1) is 6.54 Å². The van der Waals surface area contributed by atoms with E-state index in [9.17, 15) is 0 Å². The largest absolute Gasteiger partial charge is 0.382 e. The Bertz CT molecular complexity index is 238. The van der Waals surface area contributed by atoms with E-state index in [0.29, 0.717) is 0 Å². The highest BCUT2D eigenvalue weighted by molar-refractivity contribution is 14.0. The highest BCUT2D eigenvalue weighted by Crippen LogP contribution is 2.20. The molecule has 0 saturated carbocycles. The third kappa shape index (κ3) is 13.1. The van der Waals surface area contributed by atoms with Crippen LogP contribution in [0.1, 0.15) is 34.1 Å². The van der Waals surface area contributed by atoms with Crippen molar-refractivity contribution >= 4 is 41.7 Å². The van der Waals surface area contributed by atoms with Gasteiger partial charge in [-0.05, 0) is 40.4 Å². The van der Waals surface area contributed by atoms with Crippen LogP contribution in [0.4, 0.5) is 0 Å². The summed E-state index contributed by atoms with van der Waals surface area (Å²) in [5.74, 6) is 0.899. The van der Waals surface area contributed by atoms with Gasteiger partial charge in [-0.3, -0.25) is 4.99 Å². The average molecular weight is 403 g/mol. The molecule has 0 aromatic rings. The molecule has 19 heavy (non-hydrogen) atoms. The molecule has 0 atom stereocenters. The van der Waals surface area contributed by atoms with Crippen molar-refractivity contribution in [3.63, 3.8) is 0 Å². The molecule has 0 heterocycles. The Kier molecular flexibility index (Phi) is 15.1. The molecule has 0 bridgehead atoms. The number of hydrogen-bond donors (Lipinski definition) is 2. The second-order valence-electron chi connectivity index (χ2n) is 4.64. The van der Waals surface area contributed by atoms with Crippen molar-refractivity contribution in [2.75, 3.05) is 39.1 Å². The minimum Gasteiger partial charge on any atom is -0.382 e. The Labute approximate surface area is 139 Å². The van der Waals surface area contributed by atoms with Crippen LogP contribution in [0.5, 0.6) is 0 Å². The van der Waals surface area contributed by atoms with Gasteiger partial charge in [0.25, 0.3) is 0 Å². The molecular weight excluding hydrogens is 373 g/mol. The number of hydrogen-bond acceptors (Lipinski definition) is 3. The van der Waals surface area contributed by atoms with Crippen molar-refractivity contribution in [3.05, 3.63) is 0 Å². The van der Waals surface area contributed by atoms with Gasteiger partial charge in [-0.25, -0.2) is 0 Å². The second-order valence-corrected chi connectivity index (χ2v) is 6.15. The number of thioether (sulfide) groups is 1. The van der Waals surface area contributed by atoms with Crippen molar-refractivity contribution in [2.45, 2.75) is 38.9 Å². The van der Waals surface area contributed by atoms with Gasteiger partial charge >= 0.3 is 0 Å². The predicted molar refractivity (Wildman–Crippen MR) is 98.1 cm³/mol. The van der Waals surface area contributed by atoms with Gasteiger partial charge in [-0.2, -0.15) is 11.8 Å². The van der Waals surface area contributed by atoms with Crippen LogP contribution in [0.3, 0.4) is 0 Å². The van der Waals surface area contributed by atoms with Gasteiger partial charge < -0.3 is 15.4 Å². The Hall–Kier alpha value is 0.310. The zero-order valence-electron chi connectivity index (χ0n) is 12.9. The highest BCUT2D eigenvalue weighted by atomic mass is 127. The topological polar surface area (TPSA) is 45.7 Å². The molecule has 0 spiro atoms. The fourth-order valence-electron chi connectivity index (χ4n) is 1.20. The zero-order chi connectivity index (χ0) is 13.9. The van der Waals surface area contributed by atoms with E-state index in [0.717, 1.165) is 45.2 Å². The van der Waals surface area contributed by atoms with E-state index in [1.54, 1.807) is 0 Å². The van der Waals surface area contributed by atoms with Gasteiger partial charge in [0, 0.05) is 31.1 Å². The maximum atomic E-state index is 5.30. The molecule has 0 aromatic carbocycles. The summed E-state index contributed by atoms with van der Waals surface area (Å²) < 4.78 is 5.49. The van der Waals surface area contributed by atoms with Crippen LogP contribution in [0.15, 0.2) is 4.99 Å². The van der Waals surface area contributed by atoms with Crippen LogP contribution in [-0.2, 0) is 4.74 Å². The van der Waals surface area contributed by atoms with E-state index in [4.69, 9.17) is 4.74 Å². The van der Waals surface area contributed by atoms with E-state index >= 15 is 0 Å². The van der Waals surface area contributed by atoms with Crippen LogP contribution < -0.4 is 10.6 Å². The Balaban J connectivity index is 0. The first-order chi connectivity index (χ1) is 8.55. The number of nitrogens with zero attached hydrogens (tertiary/aromatic N) is 1. The summed E-state index contributed by atoms with van der Waals surface area (Å²) in [4.78, 5) is 4.61. The van der Waals surface area contributed by atoms with E-state index in [2.05, 4.69) is 42.7 Å². The van der Waals surface area contributed by atoms with Crippen LogP contribution in [0, 0.1) is 0 Å². The highest BCUT2D eigenvalue weighted by Gasteiger charge is 2.15. The summed E-state index contributed by atoms with van der Waals surface area (Å²) in [5.41, 5.74) is 0. The monoisotopic (exact) mass is 403 g/mol. The summed E-state index contributed by atoms with van der Waals surface area (Å²) in [6, 6.07) is 0. The Morgan fingerprint density at radius 3 is 2.47 bits per heavy atom. The molecule has 0 aliphatic carbocycles. The minimum atomic E-state index is 0. The van der Waals surface area contributed by atoms with Crippen molar-refractivity contribution in [2.24, 2.45) is 4.99 Å². The first-order valence-corrected chi connectivity index (χ1v) is 7.93. The summed E-state index contributed by atoms with van der Waals surface area (Å²) >= 11 is 1.84. The lowest BCUT2D eigenvalue weighted by Crippen LogP contribution is -2.39. The summed E-state index contributed by atoms with van der Waals surface area (Å²) in [5, 5.41) is 6.58. The molecule has 0 radical (unpaired) electrons. The summed E-state index contributed by atoms with van der Waals surface area (Å²) in [7, 11) is 0. The third-order valence-corrected chi connectivity index (χ3v) is 3.71. The minimum absolute atomic E-state index is 0. The Morgan fingerprint density at radius 2 is 1.95 bits per heavy atom. The molecule has 0 amide bonds. The second kappa shape index (κ2) is 13.3. The van der Waals surface area contributed by atoms with Gasteiger partial charge in [-0.1, -0.05) is 0 Å². The van der Waals surface area contributed by atoms with E-state index < -0.39 is 0 Å². The van der Waals surface area contributed by atoms with Gasteiger partial charge in [0.1, 0.15) is 0 Å². The molecule has 116 valence electrons. The fraction of sp³-hybridized carbons (Fsp3) is 0.923. The zero-order valence-corrected chi connectivity index (χ0v) is 16.1. The quantitative estimate of drug-likeness (QED) is 0.269. The Morgan fingerprint density at radius 1 is 1.26 bits per heavy atom. The number of guanidine groups is 1. The third-order valence-electron chi connectivity index (χ3n) is 2.48. The number of rotatable bonds is 9. The first-order valence-electron chi connectivity index (χ1n) is 6.70. The van der Waals surface area contributed by atoms with Crippen molar-refractivity contribution in [3.8, 4) is 0 Å². The van der Waals surface area contributed by atoms with Crippen LogP contribution >= 0.6 is 35.7 Å². The summed E-state index contributed by atoms with van der Waals surface area (Å²) in [6.07, 6.45) is 3.13. The van der Waals surface area contributed by atoms with Crippen molar-refractivity contribution in [1.29, 1.82) is 0 Å². The van der Waals surface area contributed by atoms with Gasteiger partial charge in [0.2, 0.25) is 0 Å². The standard InChI is InChI=1S/C13H29N3OS.HI/c1-6-14-12(15-9-8-10-17-7-2)16-11-13(3,4)18-5;/h6-11H2,1-5H3,(H2,14,15,16);1H. The first kappa shape index (κ1) is 21.6. The maximum absolute atomic E-state index is 5.30. The average Bonchev–Trinajstić information content (AvgIpc) is 2.35. The molecular formula is C13H30IN3OS. The normalized spacial score (nSPS) is 11.9. The van der Waals surface area contributed by atoms with E-state index in [-0.39, 0.29) is 28.7 Å². The lowest BCUT2D eigenvalue weighted by Gasteiger charge is -2.20. The smallest absolute Gasteiger partial charge is 0.191 e. The van der Waals surface area contributed by atoms with E-state index in [1.807, 2.05) is 18.7 Å². The lowest BCUT2D eigenvalue weighted by molar-refractivity contribution is 0.145. The molecule has 0 saturated heterocycles. The molecule has 0 fully saturated rings. The van der Waals surface area contributed by atoms with Crippen molar-refractivity contribution in [1.82, 2.24) is 10.6 Å². The maximum Gasteiger partial charge on any atom is 0.191 e. The number of halogens is 1. The molecule has 0 rings (SSSR count). The number of ether oxygens (including phenoxy) is 1.